The minimum absolute atomic E-state index is 0.0765. The molecule has 2 heteroatoms. The van der Waals surface area contributed by atoms with Crippen LogP contribution in [0.1, 0.15) is 76.3 Å². The van der Waals surface area contributed by atoms with Crippen LogP contribution in [0.4, 0.5) is 17.1 Å². The molecule has 1 aliphatic carbocycles. The molecular formula is C46H42N2. The van der Waals surface area contributed by atoms with Crippen LogP contribution in [0.25, 0.3) is 38.6 Å². The van der Waals surface area contributed by atoms with E-state index >= 15 is 0 Å². The third-order valence-corrected chi connectivity index (χ3v) is 11.3. The largest absolute Gasteiger partial charge is 0.310 e. The Bertz CT molecular complexity index is 2430. The summed E-state index contributed by atoms with van der Waals surface area (Å²) >= 11 is 0. The van der Waals surface area contributed by atoms with Gasteiger partial charge in [-0.05, 0) is 92.9 Å². The maximum atomic E-state index is 2.50. The Balaban J connectivity index is 1.28. The van der Waals surface area contributed by atoms with Crippen molar-refractivity contribution in [2.75, 3.05) is 4.90 Å². The fraction of sp³-hybridized carbons (Fsp3) is 0.217. The monoisotopic (exact) mass is 622 g/mol. The fourth-order valence-corrected chi connectivity index (χ4v) is 8.68. The molecule has 0 N–H and O–H groups in total. The highest BCUT2D eigenvalue weighted by atomic mass is 15.1. The van der Waals surface area contributed by atoms with Gasteiger partial charge < -0.3 is 9.47 Å². The number of hydrogen-bond acceptors (Lipinski definition) is 1. The van der Waals surface area contributed by atoms with Crippen molar-refractivity contribution in [2.24, 2.45) is 0 Å². The molecule has 48 heavy (non-hydrogen) atoms. The predicted octanol–water partition coefficient (Wildman–Crippen LogP) is 12.5. The number of para-hydroxylation sites is 2. The molecule has 0 saturated heterocycles. The van der Waals surface area contributed by atoms with E-state index in [-0.39, 0.29) is 16.2 Å². The van der Waals surface area contributed by atoms with Crippen LogP contribution in [0.5, 0.6) is 0 Å². The van der Waals surface area contributed by atoms with Crippen molar-refractivity contribution in [3.05, 3.63) is 155 Å². The smallest absolute Gasteiger partial charge is 0.0582 e. The van der Waals surface area contributed by atoms with Crippen LogP contribution >= 0.6 is 0 Å². The second-order valence-electron chi connectivity index (χ2n) is 15.9. The summed E-state index contributed by atoms with van der Waals surface area (Å²) in [5.41, 5.74) is 16.8. The van der Waals surface area contributed by atoms with Gasteiger partial charge in [-0.2, -0.15) is 0 Å². The lowest BCUT2D eigenvalue weighted by molar-refractivity contribution is 0.590. The average Bonchev–Trinajstić information content (AvgIpc) is 3.53. The molecule has 2 heterocycles. The van der Waals surface area contributed by atoms with E-state index in [1.54, 1.807) is 0 Å². The summed E-state index contributed by atoms with van der Waals surface area (Å²) in [6.07, 6.45) is 0. The lowest BCUT2D eigenvalue weighted by Gasteiger charge is -2.34. The van der Waals surface area contributed by atoms with Crippen LogP contribution < -0.4 is 4.90 Å². The molecule has 0 atom stereocenters. The first-order valence-corrected chi connectivity index (χ1v) is 17.3. The summed E-state index contributed by atoms with van der Waals surface area (Å²) in [7, 11) is 0. The molecule has 2 nitrogen and oxygen atoms in total. The summed E-state index contributed by atoms with van der Waals surface area (Å²) in [4.78, 5) is 2.45. The van der Waals surface area contributed by atoms with Crippen molar-refractivity contribution in [3.63, 3.8) is 0 Å². The maximum Gasteiger partial charge on any atom is 0.0582 e. The molecule has 0 bridgehead atoms. The van der Waals surface area contributed by atoms with Crippen molar-refractivity contribution in [3.8, 4) is 16.8 Å². The molecule has 0 amide bonds. The minimum atomic E-state index is -0.0844. The first-order valence-electron chi connectivity index (χ1n) is 17.3. The molecule has 2 aliphatic rings. The van der Waals surface area contributed by atoms with Crippen LogP contribution in [-0.4, -0.2) is 4.57 Å². The van der Waals surface area contributed by atoms with Gasteiger partial charge in [-0.3, -0.25) is 0 Å². The van der Waals surface area contributed by atoms with Gasteiger partial charge in [0.15, 0.2) is 0 Å². The van der Waals surface area contributed by atoms with Gasteiger partial charge in [0.25, 0.3) is 0 Å². The lowest BCUT2D eigenvalue weighted by Crippen LogP contribution is -2.26. The SMILES string of the molecule is CC(C)(C)c1ccc(N(c2ccc3c(c2)C(C)(C)c2ccccc2-3)c2ccc3c(c2)c2cccc4c2n3-c2ccccc2C4(C)C)cc1. The molecule has 9 rings (SSSR count). The van der Waals surface area contributed by atoms with Gasteiger partial charge in [0.05, 0.1) is 16.7 Å². The quantitative estimate of drug-likeness (QED) is 0.190. The maximum absolute atomic E-state index is 2.50. The van der Waals surface area contributed by atoms with Crippen LogP contribution in [0.2, 0.25) is 0 Å². The summed E-state index contributed by atoms with van der Waals surface area (Å²) < 4.78 is 2.50. The van der Waals surface area contributed by atoms with E-state index in [1.807, 2.05) is 0 Å². The van der Waals surface area contributed by atoms with Crippen molar-refractivity contribution < 1.29 is 0 Å². The van der Waals surface area contributed by atoms with Gasteiger partial charge in [0, 0.05) is 38.7 Å². The minimum Gasteiger partial charge on any atom is -0.310 e. The van der Waals surface area contributed by atoms with Crippen molar-refractivity contribution in [2.45, 2.75) is 64.7 Å². The van der Waals surface area contributed by atoms with Crippen molar-refractivity contribution in [1.82, 2.24) is 4.57 Å². The topological polar surface area (TPSA) is 8.17 Å². The third-order valence-electron chi connectivity index (χ3n) is 11.3. The van der Waals surface area contributed by atoms with E-state index in [0.29, 0.717) is 0 Å². The molecule has 0 unspecified atom stereocenters. The summed E-state index contributed by atoms with van der Waals surface area (Å²) in [5, 5.41) is 2.59. The van der Waals surface area contributed by atoms with E-state index in [2.05, 4.69) is 185 Å². The number of fused-ring (bicyclic) bond motifs is 8. The van der Waals surface area contributed by atoms with Crippen molar-refractivity contribution in [1.29, 1.82) is 0 Å². The Hall–Kier alpha value is -5.08. The van der Waals surface area contributed by atoms with Crippen LogP contribution in [0, 0.1) is 0 Å². The van der Waals surface area contributed by atoms with Gasteiger partial charge in [0.1, 0.15) is 0 Å². The highest BCUT2D eigenvalue weighted by Gasteiger charge is 2.37. The van der Waals surface area contributed by atoms with Crippen LogP contribution in [0.3, 0.4) is 0 Å². The number of aromatic nitrogens is 1. The second-order valence-corrected chi connectivity index (χ2v) is 15.9. The zero-order valence-electron chi connectivity index (χ0n) is 29.0. The summed E-state index contributed by atoms with van der Waals surface area (Å²) in [6.45, 7) is 16.3. The number of anilines is 3. The van der Waals surface area contributed by atoms with Gasteiger partial charge in [0.2, 0.25) is 0 Å². The van der Waals surface area contributed by atoms with E-state index in [4.69, 9.17) is 0 Å². The predicted molar refractivity (Wildman–Crippen MR) is 204 cm³/mol. The number of benzene rings is 6. The second kappa shape index (κ2) is 9.73. The first-order chi connectivity index (χ1) is 23.0. The molecule has 0 radical (unpaired) electrons. The Labute approximate surface area is 284 Å². The molecule has 0 saturated carbocycles. The Morgan fingerprint density at radius 2 is 1.10 bits per heavy atom. The zero-order valence-corrected chi connectivity index (χ0v) is 29.0. The number of hydrogen-bond donors (Lipinski definition) is 0. The van der Waals surface area contributed by atoms with Crippen LogP contribution in [-0.2, 0) is 16.2 Å². The number of rotatable bonds is 3. The van der Waals surface area contributed by atoms with Gasteiger partial charge >= 0.3 is 0 Å². The lowest BCUT2D eigenvalue weighted by atomic mass is 9.75. The molecule has 7 aromatic rings. The van der Waals surface area contributed by atoms with E-state index in [0.717, 1.165) is 11.4 Å². The molecule has 0 spiro atoms. The molecule has 1 aromatic heterocycles. The normalized spacial score (nSPS) is 15.3. The fourth-order valence-electron chi connectivity index (χ4n) is 8.68. The van der Waals surface area contributed by atoms with Gasteiger partial charge in [-0.25, -0.2) is 0 Å². The average molecular weight is 623 g/mol. The molecule has 1 aliphatic heterocycles. The highest BCUT2D eigenvalue weighted by Crippen LogP contribution is 2.52. The molecule has 6 aromatic carbocycles. The molecule has 0 fully saturated rings. The standard InChI is InChI=1S/C46H42N2/c1-44(2,3)29-19-21-30(22-20-29)47(32-23-25-34-33-13-8-9-15-37(33)45(4,5)40(34)28-32)31-24-26-41-36(27-31)35-14-12-17-39-43(35)48(41)42-18-11-10-16-38(42)46(39,6)7/h8-28H,1-7H3. The molecule has 236 valence electrons. The Kier molecular flexibility index (Phi) is 5.90. The Morgan fingerprint density at radius 3 is 1.88 bits per heavy atom. The summed E-state index contributed by atoms with van der Waals surface area (Å²) in [5.74, 6) is 0. The molecular weight excluding hydrogens is 581 g/mol. The first kappa shape index (κ1) is 29.1. The van der Waals surface area contributed by atoms with E-state index in [1.165, 1.54) is 72.1 Å². The third kappa shape index (κ3) is 3.92. The number of nitrogens with zero attached hydrogens (tertiary/aromatic N) is 2. The van der Waals surface area contributed by atoms with Gasteiger partial charge in [-0.1, -0.05) is 127 Å². The van der Waals surface area contributed by atoms with Crippen molar-refractivity contribution >= 4 is 38.9 Å². The summed E-state index contributed by atoms with van der Waals surface area (Å²) in [6, 6.07) is 48.1. The van der Waals surface area contributed by atoms with E-state index in [9.17, 15) is 0 Å². The van der Waals surface area contributed by atoms with Crippen LogP contribution in [0.15, 0.2) is 127 Å². The zero-order chi connectivity index (χ0) is 33.2. The van der Waals surface area contributed by atoms with E-state index < -0.39 is 0 Å². The van der Waals surface area contributed by atoms with Gasteiger partial charge in [-0.15, -0.1) is 0 Å². The Morgan fingerprint density at radius 1 is 0.500 bits per heavy atom. The highest BCUT2D eigenvalue weighted by molar-refractivity contribution is 6.12.